The van der Waals surface area contributed by atoms with Crippen LogP contribution in [0.4, 0.5) is 0 Å². The predicted octanol–water partition coefficient (Wildman–Crippen LogP) is 1.52. The molecule has 1 amide bonds. The molecule has 1 aromatic carbocycles. The molecule has 0 spiro atoms. The van der Waals surface area contributed by atoms with Gasteiger partial charge in [0, 0.05) is 13.7 Å². The van der Waals surface area contributed by atoms with E-state index in [4.69, 9.17) is 9.94 Å². The largest absolute Gasteiger partial charge is 0.396 e. The number of nitrogens with zero attached hydrogens (tertiary/aromatic N) is 1. The van der Waals surface area contributed by atoms with Crippen molar-refractivity contribution in [2.75, 3.05) is 20.8 Å². The highest BCUT2D eigenvalue weighted by atomic mass is 16.7. The summed E-state index contributed by atoms with van der Waals surface area (Å²) in [5.41, 5.74) is 1.35. The number of amides is 1. The van der Waals surface area contributed by atoms with Gasteiger partial charge in [-0.15, -0.1) is 0 Å². The minimum atomic E-state index is -0.636. The molecule has 0 aliphatic heterocycles. The van der Waals surface area contributed by atoms with Gasteiger partial charge in [0.15, 0.2) is 0 Å². The van der Waals surface area contributed by atoms with Crippen molar-refractivity contribution in [1.82, 2.24) is 5.06 Å². The van der Waals surface area contributed by atoms with Crippen molar-refractivity contribution in [2.24, 2.45) is 0 Å². The van der Waals surface area contributed by atoms with Gasteiger partial charge in [0.1, 0.15) is 0 Å². The van der Waals surface area contributed by atoms with Crippen LogP contribution in [0.5, 0.6) is 0 Å². The smallest absolute Gasteiger partial charge is 0.255 e. The first-order chi connectivity index (χ1) is 8.43. The molecule has 0 radical (unpaired) electrons. The first-order valence-corrected chi connectivity index (χ1v) is 5.96. The van der Waals surface area contributed by atoms with Gasteiger partial charge < -0.3 is 5.11 Å². The Morgan fingerprint density at radius 3 is 2.33 bits per heavy atom. The highest BCUT2D eigenvalue weighted by molar-refractivity contribution is 5.86. The topological polar surface area (TPSA) is 49.8 Å². The van der Waals surface area contributed by atoms with Gasteiger partial charge in [0.2, 0.25) is 0 Å². The van der Waals surface area contributed by atoms with Crippen molar-refractivity contribution < 1.29 is 14.7 Å². The van der Waals surface area contributed by atoms with E-state index in [9.17, 15) is 4.79 Å². The summed E-state index contributed by atoms with van der Waals surface area (Å²) in [7, 11) is 3.07. The van der Waals surface area contributed by atoms with Crippen molar-refractivity contribution in [1.29, 1.82) is 0 Å². The van der Waals surface area contributed by atoms with Gasteiger partial charge >= 0.3 is 0 Å². The fourth-order valence-electron chi connectivity index (χ4n) is 1.82. The van der Waals surface area contributed by atoms with Crippen LogP contribution >= 0.6 is 0 Å². The molecule has 0 bridgehead atoms. The molecule has 1 rings (SSSR count). The fourth-order valence-corrected chi connectivity index (χ4v) is 1.82. The molecule has 4 nitrogen and oxygen atoms in total. The minimum Gasteiger partial charge on any atom is -0.396 e. The van der Waals surface area contributed by atoms with Crippen LogP contribution < -0.4 is 0 Å². The van der Waals surface area contributed by atoms with Crippen molar-refractivity contribution in [3.8, 4) is 0 Å². The molecule has 100 valence electrons. The Hall–Kier alpha value is -1.39. The van der Waals surface area contributed by atoms with Crippen LogP contribution in [0.1, 0.15) is 25.0 Å². The second-order valence-corrected chi connectivity index (χ2v) is 4.78. The molecule has 0 saturated carbocycles. The van der Waals surface area contributed by atoms with E-state index in [-0.39, 0.29) is 12.5 Å². The van der Waals surface area contributed by atoms with E-state index >= 15 is 0 Å². The second-order valence-electron chi connectivity index (χ2n) is 4.78. The first-order valence-electron chi connectivity index (χ1n) is 5.96. The third-order valence-corrected chi connectivity index (χ3v) is 3.17. The van der Waals surface area contributed by atoms with Crippen LogP contribution in [0.2, 0.25) is 0 Å². The van der Waals surface area contributed by atoms with Gasteiger partial charge in [0.25, 0.3) is 5.91 Å². The highest BCUT2D eigenvalue weighted by Gasteiger charge is 2.32. The van der Waals surface area contributed by atoms with E-state index in [1.165, 1.54) is 12.2 Å². The number of rotatable bonds is 5. The van der Waals surface area contributed by atoms with Gasteiger partial charge in [-0.3, -0.25) is 9.63 Å². The number of aliphatic hydroxyl groups is 1. The lowest BCUT2D eigenvalue weighted by atomic mass is 9.83. The lowest BCUT2D eigenvalue weighted by Gasteiger charge is -2.28. The number of carbonyl (C=O) groups excluding carboxylic acids is 1. The molecular weight excluding hydrogens is 230 g/mol. The molecule has 0 fully saturated rings. The van der Waals surface area contributed by atoms with E-state index in [1.54, 1.807) is 7.05 Å². The molecule has 4 heteroatoms. The van der Waals surface area contributed by atoms with Crippen LogP contribution in [0, 0.1) is 0 Å². The Kier molecular flexibility index (Phi) is 4.87. The maximum absolute atomic E-state index is 12.2. The molecule has 0 aliphatic carbocycles. The second kappa shape index (κ2) is 5.98. The Balaban J connectivity index is 2.94. The molecule has 0 aliphatic rings. The first kappa shape index (κ1) is 14.7. The van der Waals surface area contributed by atoms with E-state index < -0.39 is 5.41 Å². The van der Waals surface area contributed by atoms with E-state index in [1.807, 2.05) is 38.1 Å². The Morgan fingerprint density at radius 2 is 1.89 bits per heavy atom. The zero-order valence-electron chi connectivity index (χ0n) is 11.4. The third kappa shape index (κ3) is 3.09. The average Bonchev–Trinajstić information content (AvgIpc) is 2.38. The summed E-state index contributed by atoms with van der Waals surface area (Å²) in [6.07, 6.45) is 0.632. The maximum Gasteiger partial charge on any atom is 0.255 e. The number of carbonyl (C=O) groups is 1. The van der Waals surface area contributed by atoms with Crippen molar-refractivity contribution in [3.05, 3.63) is 35.4 Å². The SMILES string of the molecule is CON(C)C(=O)C(C)(C)c1ccc(CCO)cc1. The molecule has 0 atom stereocenters. The molecule has 18 heavy (non-hydrogen) atoms. The van der Waals surface area contributed by atoms with Crippen molar-refractivity contribution >= 4 is 5.91 Å². The number of aliphatic hydroxyl groups excluding tert-OH is 1. The number of hydrogen-bond donors (Lipinski definition) is 1. The molecule has 1 aromatic rings. The third-order valence-electron chi connectivity index (χ3n) is 3.17. The highest BCUT2D eigenvalue weighted by Crippen LogP contribution is 2.25. The number of likely N-dealkylation sites (N-methyl/N-ethyl adjacent to an activating group) is 1. The summed E-state index contributed by atoms with van der Waals surface area (Å²) in [4.78, 5) is 17.1. The summed E-state index contributed by atoms with van der Waals surface area (Å²) >= 11 is 0. The number of hydrogen-bond acceptors (Lipinski definition) is 3. The van der Waals surface area contributed by atoms with Crippen LogP contribution in [0.25, 0.3) is 0 Å². The van der Waals surface area contributed by atoms with Gasteiger partial charge in [-0.25, -0.2) is 5.06 Å². The van der Waals surface area contributed by atoms with Crippen LogP contribution in [0.15, 0.2) is 24.3 Å². The van der Waals surface area contributed by atoms with E-state index in [0.717, 1.165) is 11.1 Å². The summed E-state index contributed by atoms with van der Waals surface area (Å²) in [5.74, 6) is -0.0973. The molecule has 0 unspecified atom stereocenters. The monoisotopic (exact) mass is 251 g/mol. The molecule has 1 N–H and O–H groups in total. The predicted molar refractivity (Wildman–Crippen MR) is 70.0 cm³/mol. The zero-order chi connectivity index (χ0) is 13.8. The standard InChI is InChI=1S/C14H21NO3/c1-14(2,13(17)15(3)18-4)12-7-5-11(6-8-12)9-10-16/h5-8,16H,9-10H2,1-4H3. The average molecular weight is 251 g/mol. The summed E-state index contributed by atoms with van der Waals surface area (Å²) in [5, 5.41) is 10.1. The molecule has 0 heterocycles. The Morgan fingerprint density at radius 1 is 1.33 bits per heavy atom. The quantitative estimate of drug-likeness (QED) is 0.807. The molecule has 0 aromatic heterocycles. The number of hydroxylamine groups is 2. The summed E-state index contributed by atoms with van der Waals surface area (Å²) in [6, 6.07) is 7.72. The minimum absolute atomic E-state index is 0.0973. The van der Waals surface area contributed by atoms with Crippen LogP contribution in [-0.4, -0.2) is 36.8 Å². The summed E-state index contributed by atoms with van der Waals surface area (Å²) in [6.45, 7) is 3.87. The lowest BCUT2D eigenvalue weighted by molar-refractivity contribution is -0.174. The molecular formula is C14H21NO3. The van der Waals surface area contributed by atoms with Gasteiger partial charge in [-0.05, 0) is 31.4 Å². The molecule has 0 saturated heterocycles. The van der Waals surface area contributed by atoms with Gasteiger partial charge in [-0.1, -0.05) is 24.3 Å². The van der Waals surface area contributed by atoms with Crippen molar-refractivity contribution in [2.45, 2.75) is 25.7 Å². The maximum atomic E-state index is 12.2. The normalized spacial score (nSPS) is 11.4. The van der Waals surface area contributed by atoms with Gasteiger partial charge in [0.05, 0.1) is 12.5 Å². The Bertz CT molecular complexity index is 398. The number of benzene rings is 1. The summed E-state index contributed by atoms with van der Waals surface area (Å²) < 4.78 is 0. The van der Waals surface area contributed by atoms with E-state index in [2.05, 4.69) is 0 Å². The Labute approximate surface area is 108 Å². The lowest BCUT2D eigenvalue weighted by Crippen LogP contribution is -2.40. The van der Waals surface area contributed by atoms with Crippen LogP contribution in [-0.2, 0) is 21.5 Å². The van der Waals surface area contributed by atoms with Gasteiger partial charge in [-0.2, -0.15) is 0 Å². The fraction of sp³-hybridized carbons (Fsp3) is 0.500. The van der Waals surface area contributed by atoms with E-state index in [0.29, 0.717) is 6.42 Å². The zero-order valence-corrected chi connectivity index (χ0v) is 11.4. The van der Waals surface area contributed by atoms with Crippen molar-refractivity contribution in [3.63, 3.8) is 0 Å². The van der Waals surface area contributed by atoms with Crippen LogP contribution in [0.3, 0.4) is 0 Å².